The van der Waals surface area contributed by atoms with Crippen LogP contribution in [-0.2, 0) is 32.0 Å². The van der Waals surface area contributed by atoms with Crippen LogP contribution in [0, 0.1) is 5.82 Å². The highest BCUT2D eigenvalue weighted by Gasteiger charge is 2.64. The van der Waals surface area contributed by atoms with Gasteiger partial charge in [0.15, 0.2) is 18.0 Å². The molecule has 0 bridgehead atoms. The van der Waals surface area contributed by atoms with Crippen LogP contribution in [-0.4, -0.2) is 70.7 Å². The molecule has 11 nitrogen and oxygen atoms in total. The van der Waals surface area contributed by atoms with Gasteiger partial charge < -0.3 is 23.0 Å². The molecule has 19 heteroatoms. The highest BCUT2D eigenvalue weighted by Crippen LogP contribution is 2.50. The lowest BCUT2D eigenvalue weighted by Gasteiger charge is -2.51. The number of fused-ring (bicyclic) bond motifs is 2. The van der Waals surface area contributed by atoms with Crippen molar-refractivity contribution < 1.29 is 47.9 Å². The number of nitrogens with zero attached hydrogens (tertiary/aromatic N) is 3. The fourth-order valence-electron chi connectivity index (χ4n) is 7.05. The molecule has 1 unspecified atom stereocenters. The number of pyridine rings is 1. The van der Waals surface area contributed by atoms with E-state index < -0.39 is 69.1 Å². The van der Waals surface area contributed by atoms with Crippen LogP contribution in [0.4, 0.5) is 23.2 Å². The van der Waals surface area contributed by atoms with Crippen molar-refractivity contribution in [2.24, 2.45) is 0 Å². The number of ether oxygens (including phenoxy) is 1. The maximum Gasteiger partial charge on any atom is 0.523 e. The van der Waals surface area contributed by atoms with Crippen molar-refractivity contribution in [3.05, 3.63) is 53.1 Å². The van der Waals surface area contributed by atoms with Crippen LogP contribution < -0.4 is 5.32 Å². The molecular weight excluding hydrogens is 752 g/mol. The van der Waals surface area contributed by atoms with Crippen molar-refractivity contribution in [3.63, 3.8) is 0 Å². The normalized spacial score (nSPS) is 24.7. The SMILES string of the molecule is CC(C)[Si]1(C(C)C)OC[C@H]2O[C@@H](n3ncc4c(N[C@@H](C)c5ccccc5F)cc(Cl)nc43)[C@H](OS(=O)(=O)C(F)(F)F)C2O[Si](C(C)C)(C(C)C)O1. The Kier molecular flexibility index (Phi) is 11.4. The largest absolute Gasteiger partial charge is 0.523 e. The van der Waals surface area contributed by atoms with E-state index in [0.717, 1.165) is 4.68 Å². The predicted octanol–water partition coefficient (Wildman–Crippen LogP) is 8.49. The van der Waals surface area contributed by atoms with Gasteiger partial charge in [-0.25, -0.2) is 14.1 Å². The number of rotatable bonds is 10. The Morgan fingerprint density at radius 1 is 1.00 bits per heavy atom. The standard InChI is InChI=1S/C32H45ClF4N4O7SSi2/c1-17(2)50(18(3)4)44-16-26-28(47-51(48-50,19(5)6)20(7)8)29(46-49(42,43)32(35,36)37)31(45-26)41-30-23(15-38-41)25(14-27(33)40-30)39-21(9)22-12-10-11-13-24(22)34/h10-15,17-21,26,28-29,31H,16H2,1-9H3,(H,39,40)/t21-,26+,28?,29+,31+/m0/s1. The van der Waals surface area contributed by atoms with Gasteiger partial charge in [-0.1, -0.05) is 85.2 Å². The van der Waals surface area contributed by atoms with Gasteiger partial charge in [0.2, 0.25) is 0 Å². The number of anilines is 1. The molecule has 4 heterocycles. The highest BCUT2D eigenvalue weighted by atomic mass is 35.5. The van der Waals surface area contributed by atoms with E-state index in [-0.39, 0.29) is 39.6 Å². The quantitative estimate of drug-likeness (QED) is 0.0703. The summed E-state index contributed by atoms with van der Waals surface area (Å²) in [6, 6.07) is 7.17. The summed E-state index contributed by atoms with van der Waals surface area (Å²) < 4.78 is 115. The average molecular weight is 797 g/mol. The first-order valence-electron chi connectivity index (χ1n) is 16.9. The third kappa shape index (κ3) is 7.36. The van der Waals surface area contributed by atoms with Crippen molar-refractivity contribution in [1.29, 1.82) is 0 Å². The van der Waals surface area contributed by atoms with Crippen molar-refractivity contribution in [1.82, 2.24) is 14.8 Å². The van der Waals surface area contributed by atoms with Gasteiger partial charge >= 0.3 is 32.7 Å². The van der Waals surface area contributed by atoms with Gasteiger partial charge in [0.1, 0.15) is 23.2 Å². The number of halogens is 5. The fraction of sp³-hybridized carbons (Fsp3) is 0.625. The van der Waals surface area contributed by atoms with E-state index in [1.807, 2.05) is 55.4 Å². The van der Waals surface area contributed by atoms with E-state index in [1.54, 1.807) is 25.1 Å². The van der Waals surface area contributed by atoms with Crippen LogP contribution in [0.15, 0.2) is 36.5 Å². The number of benzene rings is 1. The summed E-state index contributed by atoms with van der Waals surface area (Å²) in [6.07, 6.45) is -4.58. The Morgan fingerprint density at radius 3 is 2.18 bits per heavy atom. The van der Waals surface area contributed by atoms with Crippen molar-refractivity contribution >= 4 is 55.6 Å². The molecule has 284 valence electrons. The van der Waals surface area contributed by atoms with Gasteiger partial charge in [-0.15, -0.1) is 0 Å². The molecule has 0 aliphatic carbocycles. The van der Waals surface area contributed by atoms with Gasteiger partial charge in [-0.2, -0.15) is 26.7 Å². The van der Waals surface area contributed by atoms with E-state index >= 15 is 0 Å². The molecule has 0 spiro atoms. The maximum atomic E-state index is 14.6. The highest BCUT2D eigenvalue weighted by molar-refractivity contribution is 7.87. The summed E-state index contributed by atoms with van der Waals surface area (Å²) in [6.45, 7) is 17.3. The smallest absolute Gasteiger partial charge is 0.414 e. The Hall–Kier alpha value is -2.17. The molecule has 51 heavy (non-hydrogen) atoms. The van der Waals surface area contributed by atoms with E-state index in [2.05, 4.69) is 15.4 Å². The van der Waals surface area contributed by atoms with Crippen molar-refractivity contribution in [2.75, 3.05) is 11.9 Å². The molecule has 1 aromatic carbocycles. The first-order valence-corrected chi connectivity index (χ1v) is 22.6. The molecule has 1 N–H and O–H groups in total. The molecule has 0 radical (unpaired) electrons. The Morgan fingerprint density at radius 2 is 1.61 bits per heavy atom. The summed E-state index contributed by atoms with van der Waals surface area (Å²) in [5.74, 6) is -0.431. The second kappa shape index (κ2) is 14.6. The molecule has 5 rings (SSSR count). The second-order valence-corrected chi connectivity index (χ2v) is 25.1. The number of aromatic nitrogens is 3. The summed E-state index contributed by atoms with van der Waals surface area (Å²) >= 11 is 6.45. The Labute approximate surface area is 302 Å². The van der Waals surface area contributed by atoms with E-state index in [0.29, 0.717) is 16.6 Å². The molecule has 3 aromatic rings. The molecule has 2 aromatic heterocycles. The summed E-state index contributed by atoms with van der Waals surface area (Å²) in [4.78, 5) is 4.39. The van der Waals surface area contributed by atoms with Crippen LogP contribution in [0.3, 0.4) is 0 Å². The van der Waals surface area contributed by atoms with E-state index in [4.69, 9.17) is 33.5 Å². The minimum absolute atomic E-state index is 0.0273. The predicted molar refractivity (Wildman–Crippen MR) is 189 cm³/mol. The molecule has 0 amide bonds. The minimum Gasteiger partial charge on any atom is -0.414 e. The van der Waals surface area contributed by atoms with Crippen molar-refractivity contribution in [2.45, 2.75) is 121 Å². The fourth-order valence-corrected chi connectivity index (χ4v) is 19.1. The number of alkyl halides is 3. The zero-order valence-electron chi connectivity index (χ0n) is 29.9. The van der Waals surface area contributed by atoms with Crippen LogP contribution in [0.2, 0.25) is 27.3 Å². The van der Waals surface area contributed by atoms with Crippen LogP contribution in [0.5, 0.6) is 0 Å². The van der Waals surface area contributed by atoms with E-state index in [1.165, 1.54) is 18.3 Å². The number of hydrogen-bond acceptors (Lipinski definition) is 10. The second-order valence-electron chi connectivity index (χ2n) is 14.3. The first-order chi connectivity index (χ1) is 23.6. The molecule has 5 atom stereocenters. The third-order valence-corrected chi connectivity index (χ3v) is 21.1. The topological polar surface area (TPSA) is 123 Å². The van der Waals surface area contributed by atoms with Crippen molar-refractivity contribution in [3.8, 4) is 0 Å². The monoisotopic (exact) mass is 796 g/mol. The van der Waals surface area contributed by atoms with Crippen LogP contribution in [0.1, 0.15) is 80.1 Å². The van der Waals surface area contributed by atoms with Gasteiger partial charge in [0, 0.05) is 5.56 Å². The lowest BCUT2D eigenvalue weighted by molar-refractivity contribution is -0.0716. The lowest BCUT2D eigenvalue weighted by Crippen LogP contribution is -2.66. The van der Waals surface area contributed by atoms with Gasteiger partial charge in [0.25, 0.3) is 0 Å². The Bertz CT molecular complexity index is 1820. The Balaban J connectivity index is 1.65. The molecule has 2 fully saturated rings. The molecule has 2 aliphatic rings. The zero-order chi connectivity index (χ0) is 37.8. The number of hydrogen-bond donors (Lipinski definition) is 1. The minimum atomic E-state index is -6.18. The zero-order valence-corrected chi connectivity index (χ0v) is 33.4. The maximum absolute atomic E-state index is 14.6. The van der Waals surface area contributed by atoms with Crippen LogP contribution >= 0.6 is 11.6 Å². The molecule has 2 aliphatic heterocycles. The first kappa shape index (κ1) is 40.0. The lowest BCUT2D eigenvalue weighted by atomic mass is 10.1. The van der Waals surface area contributed by atoms with E-state index in [9.17, 15) is 26.0 Å². The molecular formula is C32H45ClF4N4O7SSi2. The molecule has 0 saturated carbocycles. The molecule has 2 saturated heterocycles. The van der Waals surface area contributed by atoms with Gasteiger partial charge in [-0.3, -0.25) is 4.18 Å². The van der Waals surface area contributed by atoms with Gasteiger partial charge in [-0.05, 0) is 41.2 Å². The average Bonchev–Trinajstić information content (AvgIpc) is 3.56. The number of nitrogens with one attached hydrogen (secondary N) is 1. The third-order valence-electron chi connectivity index (χ3n) is 9.66. The van der Waals surface area contributed by atoms with Crippen LogP contribution in [0.25, 0.3) is 11.0 Å². The summed E-state index contributed by atoms with van der Waals surface area (Å²) in [7, 11) is -12.8. The summed E-state index contributed by atoms with van der Waals surface area (Å²) in [5.41, 5.74) is -5.51. The van der Waals surface area contributed by atoms with Gasteiger partial charge in [0.05, 0.1) is 29.9 Å². The summed E-state index contributed by atoms with van der Waals surface area (Å²) in [5, 5.41) is 7.94.